The molecule has 1 saturated carbocycles. The highest BCUT2D eigenvalue weighted by Gasteiger charge is 2.27. The number of anilines is 1. The molecule has 1 atom stereocenters. The Kier molecular flexibility index (Phi) is 4.87. The Labute approximate surface area is 117 Å². The topological polar surface area (TPSA) is 21.3 Å². The quantitative estimate of drug-likeness (QED) is 0.836. The smallest absolute Gasteiger partial charge is 0.0736 e. The Balaban J connectivity index is 2.02. The summed E-state index contributed by atoms with van der Waals surface area (Å²) in [6.07, 6.45) is 5.23. The summed E-state index contributed by atoms with van der Waals surface area (Å²) >= 11 is 0. The summed E-state index contributed by atoms with van der Waals surface area (Å²) in [5.74, 6) is 0. The molecular formula is C17H27NO. The molecule has 0 aromatic heterocycles. The highest BCUT2D eigenvalue weighted by molar-refractivity contribution is 5.51. The van der Waals surface area contributed by atoms with Gasteiger partial charge < -0.3 is 10.1 Å². The zero-order valence-electron chi connectivity index (χ0n) is 12.5. The predicted molar refractivity (Wildman–Crippen MR) is 81.4 cm³/mol. The third-order valence-corrected chi connectivity index (χ3v) is 4.04. The number of para-hydroxylation sites is 1. The van der Waals surface area contributed by atoms with Crippen molar-refractivity contribution in [3.8, 4) is 0 Å². The molecule has 0 amide bonds. The van der Waals surface area contributed by atoms with Crippen LogP contribution in [0.2, 0.25) is 0 Å². The maximum atomic E-state index is 5.55. The molecule has 0 heterocycles. The van der Waals surface area contributed by atoms with E-state index in [1.807, 2.05) is 6.92 Å². The summed E-state index contributed by atoms with van der Waals surface area (Å²) in [6, 6.07) is 9.13. The molecule has 1 aromatic rings. The van der Waals surface area contributed by atoms with E-state index in [9.17, 15) is 0 Å². The molecule has 0 bridgehead atoms. The average Bonchev–Trinajstić information content (AvgIpc) is 2.36. The van der Waals surface area contributed by atoms with Gasteiger partial charge in [0, 0.05) is 23.9 Å². The zero-order chi connectivity index (χ0) is 13.7. The van der Waals surface area contributed by atoms with Crippen LogP contribution in [-0.2, 0) is 11.3 Å². The van der Waals surface area contributed by atoms with E-state index in [0.29, 0.717) is 18.1 Å². The molecule has 2 rings (SSSR count). The summed E-state index contributed by atoms with van der Waals surface area (Å²) in [6.45, 7) is 8.28. The molecule has 0 aliphatic heterocycles. The summed E-state index contributed by atoms with van der Waals surface area (Å²) < 4.78 is 5.55. The van der Waals surface area contributed by atoms with Crippen LogP contribution in [0.4, 0.5) is 5.69 Å². The van der Waals surface area contributed by atoms with E-state index in [0.717, 1.165) is 6.61 Å². The number of rotatable bonds is 5. The van der Waals surface area contributed by atoms with Crippen molar-refractivity contribution in [2.24, 2.45) is 5.41 Å². The second-order valence-electron chi connectivity index (χ2n) is 6.40. The molecule has 1 N–H and O–H groups in total. The van der Waals surface area contributed by atoms with E-state index in [4.69, 9.17) is 4.74 Å². The van der Waals surface area contributed by atoms with Crippen LogP contribution in [0.15, 0.2) is 24.3 Å². The van der Waals surface area contributed by atoms with Gasteiger partial charge in [-0.3, -0.25) is 0 Å². The van der Waals surface area contributed by atoms with Crippen molar-refractivity contribution in [2.75, 3.05) is 11.9 Å². The van der Waals surface area contributed by atoms with Gasteiger partial charge in [-0.25, -0.2) is 0 Å². The molecular weight excluding hydrogens is 234 g/mol. The van der Waals surface area contributed by atoms with E-state index < -0.39 is 0 Å². The van der Waals surface area contributed by atoms with E-state index in [2.05, 4.69) is 43.4 Å². The standard InChI is InChI=1S/C17H27NO/c1-4-19-13-14-8-5-6-10-16(14)18-15-9-7-11-17(2,3)12-15/h5-6,8,10,15,18H,4,7,9,11-13H2,1-3H3. The first-order chi connectivity index (χ1) is 9.11. The fourth-order valence-corrected chi connectivity index (χ4v) is 3.04. The van der Waals surface area contributed by atoms with E-state index in [1.54, 1.807) is 0 Å². The highest BCUT2D eigenvalue weighted by Crippen LogP contribution is 2.36. The van der Waals surface area contributed by atoms with Crippen molar-refractivity contribution in [1.82, 2.24) is 0 Å². The van der Waals surface area contributed by atoms with Gasteiger partial charge in [0.1, 0.15) is 0 Å². The van der Waals surface area contributed by atoms with Gasteiger partial charge in [-0.2, -0.15) is 0 Å². The number of nitrogens with one attached hydrogen (secondary N) is 1. The highest BCUT2D eigenvalue weighted by atomic mass is 16.5. The molecule has 0 saturated heterocycles. The van der Waals surface area contributed by atoms with Crippen LogP contribution in [0, 0.1) is 5.41 Å². The van der Waals surface area contributed by atoms with Gasteiger partial charge in [0.05, 0.1) is 6.61 Å². The van der Waals surface area contributed by atoms with Gasteiger partial charge in [0.25, 0.3) is 0 Å². The molecule has 106 valence electrons. The molecule has 0 radical (unpaired) electrons. The zero-order valence-corrected chi connectivity index (χ0v) is 12.5. The minimum absolute atomic E-state index is 0.477. The molecule has 1 unspecified atom stereocenters. The van der Waals surface area contributed by atoms with Gasteiger partial charge in [-0.05, 0) is 37.7 Å². The Hall–Kier alpha value is -1.02. The fraction of sp³-hybridized carbons (Fsp3) is 0.647. The van der Waals surface area contributed by atoms with Crippen LogP contribution >= 0.6 is 0 Å². The third-order valence-electron chi connectivity index (χ3n) is 4.04. The van der Waals surface area contributed by atoms with Gasteiger partial charge >= 0.3 is 0 Å². The Bertz CT molecular complexity index is 400. The Morgan fingerprint density at radius 1 is 1.32 bits per heavy atom. The van der Waals surface area contributed by atoms with Crippen molar-refractivity contribution >= 4 is 5.69 Å². The summed E-state index contributed by atoms with van der Waals surface area (Å²) in [4.78, 5) is 0. The molecule has 2 nitrogen and oxygen atoms in total. The Morgan fingerprint density at radius 2 is 2.11 bits per heavy atom. The van der Waals surface area contributed by atoms with E-state index in [1.165, 1.54) is 36.9 Å². The lowest BCUT2D eigenvalue weighted by Gasteiger charge is -2.36. The van der Waals surface area contributed by atoms with Crippen LogP contribution < -0.4 is 5.32 Å². The second-order valence-corrected chi connectivity index (χ2v) is 6.40. The van der Waals surface area contributed by atoms with Crippen molar-refractivity contribution in [3.63, 3.8) is 0 Å². The summed E-state index contributed by atoms with van der Waals surface area (Å²) in [7, 11) is 0. The summed E-state index contributed by atoms with van der Waals surface area (Å²) in [5, 5.41) is 3.73. The van der Waals surface area contributed by atoms with Crippen LogP contribution in [-0.4, -0.2) is 12.6 Å². The van der Waals surface area contributed by atoms with Crippen LogP contribution in [0.1, 0.15) is 52.0 Å². The first-order valence-corrected chi connectivity index (χ1v) is 7.53. The molecule has 2 heteroatoms. The van der Waals surface area contributed by atoms with Crippen molar-refractivity contribution in [2.45, 2.75) is 59.1 Å². The number of hydrogen-bond acceptors (Lipinski definition) is 2. The van der Waals surface area contributed by atoms with Crippen LogP contribution in [0.3, 0.4) is 0 Å². The average molecular weight is 261 g/mol. The number of benzene rings is 1. The monoisotopic (exact) mass is 261 g/mol. The lowest BCUT2D eigenvalue weighted by Crippen LogP contribution is -2.32. The summed E-state index contributed by atoms with van der Waals surface area (Å²) in [5.41, 5.74) is 3.00. The molecule has 1 aliphatic carbocycles. The van der Waals surface area contributed by atoms with Crippen LogP contribution in [0.25, 0.3) is 0 Å². The van der Waals surface area contributed by atoms with Gasteiger partial charge in [-0.15, -0.1) is 0 Å². The lowest BCUT2D eigenvalue weighted by atomic mass is 9.75. The minimum Gasteiger partial charge on any atom is -0.382 e. The van der Waals surface area contributed by atoms with Gasteiger partial charge in [-0.1, -0.05) is 38.5 Å². The van der Waals surface area contributed by atoms with Crippen molar-refractivity contribution in [3.05, 3.63) is 29.8 Å². The molecule has 1 aromatic carbocycles. The first kappa shape index (κ1) is 14.4. The molecule has 1 fully saturated rings. The predicted octanol–water partition coefficient (Wildman–Crippen LogP) is 4.60. The normalized spacial score (nSPS) is 22.2. The SMILES string of the molecule is CCOCc1ccccc1NC1CCCC(C)(C)C1. The molecule has 0 spiro atoms. The lowest BCUT2D eigenvalue weighted by molar-refractivity contribution is 0.134. The van der Waals surface area contributed by atoms with Gasteiger partial charge in [0.2, 0.25) is 0 Å². The fourth-order valence-electron chi connectivity index (χ4n) is 3.04. The van der Waals surface area contributed by atoms with E-state index >= 15 is 0 Å². The largest absolute Gasteiger partial charge is 0.382 e. The first-order valence-electron chi connectivity index (χ1n) is 7.53. The van der Waals surface area contributed by atoms with Crippen LogP contribution in [0.5, 0.6) is 0 Å². The Morgan fingerprint density at radius 3 is 2.84 bits per heavy atom. The third kappa shape index (κ3) is 4.24. The molecule has 1 aliphatic rings. The maximum absolute atomic E-state index is 5.55. The van der Waals surface area contributed by atoms with Crippen molar-refractivity contribution in [1.29, 1.82) is 0 Å². The number of hydrogen-bond donors (Lipinski definition) is 1. The second kappa shape index (κ2) is 6.42. The molecule has 19 heavy (non-hydrogen) atoms. The minimum atomic E-state index is 0.477. The van der Waals surface area contributed by atoms with Gasteiger partial charge in [0.15, 0.2) is 0 Å². The van der Waals surface area contributed by atoms with E-state index in [-0.39, 0.29) is 0 Å². The van der Waals surface area contributed by atoms with Crippen molar-refractivity contribution < 1.29 is 4.74 Å². The maximum Gasteiger partial charge on any atom is 0.0736 e. The number of ether oxygens (including phenoxy) is 1.